The lowest BCUT2D eigenvalue weighted by Gasteiger charge is -1.86. The van der Waals surface area contributed by atoms with Gasteiger partial charge in [0.15, 0.2) is 0 Å². The first-order chi connectivity index (χ1) is 6.24. The van der Waals surface area contributed by atoms with E-state index in [1.54, 1.807) is 0 Å². The Kier molecular flexibility index (Phi) is 135. The summed E-state index contributed by atoms with van der Waals surface area (Å²) in [6, 6.07) is 0. The summed E-state index contributed by atoms with van der Waals surface area (Å²) in [7, 11) is 0. The fraction of sp³-hybridized carbons (Fsp3) is 1.00. The fourth-order valence-corrected chi connectivity index (χ4v) is 0.500. The van der Waals surface area contributed by atoms with Crippen molar-refractivity contribution in [3.63, 3.8) is 0 Å². The van der Waals surface area contributed by atoms with E-state index in [9.17, 15) is 0 Å². The number of unbranched alkanes of at least 4 members (excludes halogenated alkanes) is 4. The molecule has 16 heavy (non-hydrogen) atoms. The highest BCUT2D eigenvalue weighted by atomic mass is 13.8. The molecule has 0 aromatic heterocycles. The zero-order valence-electron chi connectivity index (χ0n) is 10.9. The number of hydrogen-bond donors (Lipinski definition) is 0. The van der Waals surface area contributed by atoms with E-state index in [4.69, 9.17) is 0 Å². The average molecular weight is 237 g/mol. The van der Waals surface area contributed by atoms with E-state index in [-0.39, 0.29) is 22.3 Å². The van der Waals surface area contributed by atoms with Crippen molar-refractivity contribution in [1.82, 2.24) is 0 Å². The zero-order valence-corrected chi connectivity index (χ0v) is 10.9. The Morgan fingerprint density at radius 1 is 0.438 bits per heavy atom. The molecule has 0 bridgehead atoms. The number of hydrogen-bond acceptors (Lipinski definition) is 0. The third kappa shape index (κ3) is 148. The molecule has 0 heteroatoms. The largest absolute Gasteiger partial charge is 0.0776 e. The van der Waals surface area contributed by atoms with E-state index < -0.39 is 0 Å². The summed E-state index contributed by atoms with van der Waals surface area (Å²) in [4.78, 5) is 0. The van der Waals surface area contributed by atoms with Crippen LogP contribution in [0.5, 0.6) is 0 Å². The minimum Gasteiger partial charge on any atom is -0.0776 e. The Balaban J connectivity index is -0.0000000226. The Bertz CT molecular complexity index is 33.3. The van der Waals surface area contributed by atoms with E-state index in [0.29, 0.717) is 0 Å². The molecule has 0 saturated heterocycles. The molecule has 0 nitrogen and oxygen atoms in total. The Labute approximate surface area is 109 Å². The molecule has 0 fully saturated rings. The molecule has 108 valence electrons. The van der Waals surface area contributed by atoms with Gasteiger partial charge in [0.2, 0.25) is 0 Å². The SMILES string of the molecule is C.C.C.CCC.CCCC.CCCCCC. The minimum atomic E-state index is 0. The van der Waals surface area contributed by atoms with Crippen molar-refractivity contribution in [3.05, 3.63) is 0 Å². The van der Waals surface area contributed by atoms with Crippen molar-refractivity contribution in [2.24, 2.45) is 0 Å². The van der Waals surface area contributed by atoms with Gasteiger partial charge in [0.1, 0.15) is 0 Å². The third-order valence-electron chi connectivity index (χ3n) is 1.46. The van der Waals surface area contributed by atoms with E-state index in [1.807, 2.05) is 0 Å². The lowest BCUT2D eigenvalue weighted by molar-refractivity contribution is 0.702. The predicted octanol–water partition coefficient (Wildman–Crippen LogP) is 7.72. The molecule has 0 saturated carbocycles. The average Bonchev–Trinajstić information content (AvgIpc) is 2.16. The van der Waals surface area contributed by atoms with Crippen LogP contribution in [-0.4, -0.2) is 0 Å². The maximum Gasteiger partial charge on any atom is -0.0536 e. The van der Waals surface area contributed by atoms with E-state index in [1.165, 1.54) is 44.9 Å². The quantitative estimate of drug-likeness (QED) is 0.438. The Morgan fingerprint density at radius 3 is 0.688 bits per heavy atom. The monoisotopic (exact) mass is 236 g/mol. The molecule has 0 N–H and O–H groups in total. The molecular weight excluding hydrogens is 192 g/mol. The number of rotatable bonds is 4. The van der Waals surface area contributed by atoms with Gasteiger partial charge >= 0.3 is 0 Å². The van der Waals surface area contributed by atoms with E-state index >= 15 is 0 Å². The lowest BCUT2D eigenvalue weighted by Crippen LogP contribution is -1.66. The maximum atomic E-state index is 2.23. The third-order valence-corrected chi connectivity index (χ3v) is 1.46. The van der Waals surface area contributed by atoms with Crippen molar-refractivity contribution in [3.8, 4) is 0 Å². The highest BCUT2D eigenvalue weighted by Gasteiger charge is 1.75. The summed E-state index contributed by atoms with van der Waals surface area (Å²) in [5.74, 6) is 0. The van der Waals surface area contributed by atoms with Crippen LogP contribution in [0.3, 0.4) is 0 Å². The Morgan fingerprint density at radius 2 is 0.625 bits per heavy atom. The molecule has 0 aliphatic heterocycles. The molecule has 0 spiro atoms. The first kappa shape index (κ1) is 36.0. The molecule has 0 aromatic carbocycles. The van der Waals surface area contributed by atoms with Crippen LogP contribution in [0.25, 0.3) is 0 Å². The van der Waals surface area contributed by atoms with E-state index in [2.05, 4.69) is 41.5 Å². The van der Waals surface area contributed by atoms with Crippen LogP contribution in [0, 0.1) is 0 Å². The molecule has 0 rings (SSSR count). The van der Waals surface area contributed by atoms with Crippen molar-refractivity contribution >= 4 is 0 Å². The van der Waals surface area contributed by atoms with Gasteiger partial charge in [-0.2, -0.15) is 0 Å². The molecule has 0 aliphatic carbocycles. The van der Waals surface area contributed by atoms with Gasteiger partial charge < -0.3 is 0 Å². The summed E-state index contributed by atoms with van der Waals surface area (Å²) in [6.45, 7) is 13.1. The first-order valence-corrected chi connectivity index (χ1v) is 6.24. The second-order valence-corrected chi connectivity index (χ2v) is 3.41. The molecular formula is C16H44. The normalized spacial score (nSPS) is 6.38. The lowest BCUT2D eigenvalue weighted by atomic mass is 10.2. The van der Waals surface area contributed by atoms with Crippen LogP contribution in [-0.2, 0) is 0 Å². The molecule has 0 unspecified atom stereocenters. The summed E-state index contributed by atoms with van der Waals surface area (Å²) in [6.07, 6.45) is 9.43. The maximum absolute atomic E-state index is 2.23. The molecule has 0 amide bonds. The molecule has 0 heterocycles. The summed E-state index contributed by atoms with van der Waals surface area (Å²) in [5.41, 5.74) is 0. The molecule has 0 atom stereocenters. The van der Waals surface area contributed by atoms with Crippen LogP contribution in [0.1, 0.15) is 109 Å². The molecule has 0 aliphatic rings. The molecule has 0 aromatic rings. The summed E-state index contributed by atoms with van der Waals surface area (Å²) in [5, 5.41) is 0. The van der Waals surface area contributed by atoms with E-state index in [0.717, 1.165) is 0 Å². The van der Waals surface area contributed by atoms with Gasteiger partial charge in [0.05, 0.1) is 0 Å². The van der Waals surface area contributed by atoms with Gasteiger partial charge in [0, 0.05) is 0 Å². The summed E-state index contributed by atoms with van der Waals surface area (Å²) < 4.78 is 0. The highest BCUT2D eigenvalue weighted by molar-refractivity contribution is 4.31. The predicted molar refractivity (Wildman–Crippen MR) is 86.6 cm³/mol. The van der Waals surface area contributed by atoms with Crippen LogP contribution in [0.2, 0.25) is 0 Å². The van der Waals surface area contributed by atoms with Gasteiger partial charge in [-0.25, -0.2) is 0 Å². The highest BCUT2D eigenvalue weighted by Crippen LogP contribution is 1.95. The van der Waals surface area contributed by atoms with Crippen molar-refractivity contribution in [2.75, 3.05) is 0 Å². The second-order valence-electron chi connectivity index (χ2n) is 3.41. The van der Waals surface area contributed by atoms with Crippen molar-refractivity contribution < 1.29 is 0 Å². The minimum absolute atomic E-state index is 0. The van der Waals surface area contributed by atoms with Crippen LogP contribution in [0.4, 0.5) is 0 Å². The van der Waals surface area contributed by atoms with Gasteiger partial charge in [-0.05, 0) is 0 Å². The standard InChI is InChI=1S/C6H14.C4H10.C3H8.3CH4/c1-3-5-6-4-2;1-3-4-2;1-3-2;;;/h3-6H2,1-2H3;3-4H2,1-2H3;3H2,1-2H3;3*1H4. The smallest absolute Gasteiger partial charge is 0.0536 e. The second kappa shape index (κ2) is 60.0. The van der Waals surface area contributed by atoms with Crippen molar-refractivity contribution in [2.45, 2.75) is 109 Å². The fourth-order valence-electron chi connectivity index (χ4n) is 0.500. The van der Waals surface area contributed by atoms with Crippen LogP contribution >= 0.6 is 0 Å². The Hall–Kier alpha value is 0. The molecule has 0 radical (unpaired) electrons. The van der Waals surface area contributed by atoms with Crippen LogP contribution in [0.15, 0.2) is 0 Å². The van der Waals surface area contributed by atoms with Gasteiger partial charge in [-0.1, -0.05) is 109 Å². The van der Waals surface area contributed by atoms with Crippen LogP contribution < -0.4 is 0 Å². The van der Waals surface area contributed by atoms with Gasteiger partial charge in [-0.3, -0.25) is 0 Å². The van der Waals surface area contributed by atoms with Gasteiger partial charge in [-0.15, -0.1) is 0 Å². The zero-order chi connectivity index (χ0) is 10.9. The topological polar surface area (TPSA) is 0 Å². The van der Waals surface area contributed by atoms with Crippen molar-refractivity contribution in [1.29, 1.82) is 0 Å². The summed E-state index contributed by atoms with van der Waals surface area (Å²) >= 11 is 0. The van der Waals surface area contributed by atoms with Gasteiger partial charge in [0.25, 0.3) is 0 Å². The first-order valence-electron chi connectivity index (χ1n) is 6.24.